The van der Waals surface area contributed by atoms with E-state index in [0.29, 0.717) is 12.8 Å². The second kappa shape index (κ2) is 4.85. The fourth-order valence-electron chi connectivity index (χ4n) is 2.49. The summed E-state index contributed by atoms with van der Waals surface area (Å²) >= 11 is 0. The molecule has 0 radical (unpaired) electrons. The highest BCUT2D eigenvalue weighted by Crippen LogP contribution is 2.44. The molecule has 0 bridgehead atoms. The van der Waals surface area contributed by atoms with Gasteiger partial charge in [-0.05, 0) is 38.5 Å². The molecule has 1 aromatic rings. The molecular weight excluding hydrogens is 256 g/mol. The maximum atomic E-state index is 12.0. The van der Waals surface area contributed by atoms with E-state index in [1.54, 1.807) is 0 Å². The molecule has 104 valence electrons. The van der Waals surface area contributed by atoms with Crippen LogP contribution in [0.25, 0.3) is 0 Å². The number of ketones is 1. The maximum absolute atomic E-state index is 12.0. The van der Waals surface area contributed by atoms with Gasteiger partial charge < -0.3 is 9.53 Å². The standard InChI is InChI=1S/C15H22O3Si/c1-11-5-7-12(8-6-11)14(17)15(10-9-13(15)16)18-19(2,3)4/h5-8,14,17H,9-10H2,1-4H3. The van der Waals surface area contributed by atoms with Gasteiger partial charge in [-0.25, -0.2) is 0 Å². The van der Waals surface area contributed by atoms with Crippen molar-refractivity contribution in [2.24, 2.45) is 0 Å². The number of aryl methyl sites for hydroxylation is 1. The topological polar surface area (TPSA) is 46.5 Å². The Morgan fingerprint density at radius 1 is 1.26 bits per heavy atom. The highest BCUT2D eigenvalue weighted by atomic mass is 28.4. The molecule has 4 heteroatoms. The first-order chi connectivity index (χ1) is 8.74. The third-order valence-corrected chi connectivity index (χ3v) is 4.50. The molecular formula is C15H22O3Si. The summed E-state index contributed by atoms with van der Waals surface area (Å²) in [4.78, 5) is 12.0. The number of carbonyl (C=O) groups is 1. The van der Waals surface area contributed by atoms with Crippen molar-refractivity contribution in [1.82, 2.24) is 0 Å². The summed E-state index contributed by atoms with van der Waals surface area (Å²) in [5.41, 5.74) is 0.896. The van der Waals surface area contributed by atoms with Crippen LogP contribution >= 0.6 is 0 Å². The lowest BCUT2D eigenvalue weighted by Gasteiger charge is -2.47. The monoisotopic (exact) mass is 278 g/mol. The smallest absolute Gasteiger partial charge is 0.185 e. The number of hydrogen-bond donors (Lipinski definition) is 1. The van der Waals surface area contributed by atoms with Crippen LogP contribution in [0.3, 0.4) is 0 Å². The molecule has 1 fully saturated rings. The normalized spacial score (nSPS) is 25.0. The van der Waals surface area contributed by atoms with Crippen LogP contribution in [-0.2, 0) is 9.22 Å². The number of aliphatic hydroxyl groups is 1. The lowest BCUT2D eigenvalue weighted by Crippen LogP contribution is -2.58. The Morgan fingerprint density at radius 2 is 1.84 bits per heavy atom. The molecule has 1 aliphatic carbocycles. The highest BCUT2D eigenvalue weighted by Gasteiger charge is 2.54. The van der Waals surface area contributed by atoms with Crippen LogP contribution in [-0.4, -0.2) is 24.8 Å². The third-order valence-electron chi connectivity index (χ3n) is 3.52. The van der Waals surface area contributed by atoms with Crippen LogP contribution in [0, 0.1) is 6.92 Å². The predicted octanol–water partition coefficient (Wildman–Crippen LogP) is 2.98. The van der Waals surface area contributed by atoms with Crippen molar-refractivity contribution >= 4 is 14.1 Å². The first kappa shape index (κ1) is 14.4. The zero-order chi connectivity index (χ0) is 14.3. The SMILES string of the molecule is Cc1ccc(C(O)C2(O[Si](C)(C)C)CCC2=O)cc1. The van der Waals surface area contributed by atoms with Crippen LogP contribution in [0.1, 0.15) is 30.1 Å². The molecule has 1 saturated carbocycles. The molecule has 19 heavy (non-hydrogen) atoms. The second-order valence-electron chi connectivity index (χ2n) is 6.34. The molecule has 0 amide bonds. The van der Waals surface area contributed by atoms with E-state index in [2.05, 4.69) is 0 Å². The van der Waals surface area contributed by atoms with Crippen molar-refractivity contribution in [3.8, 4) is 0 Å². The molecule has 2 rings (SSSR count). The van der Waals surface area contributed by atoms with Crippen LogP contribution in [0.15, 0.2) is 24.3 Å². The van der Waals surface area contributed by atoms with E-state index in [1.807, 2.05) is 50.8 Å². The van der Waals surface area contributed by atoms with E-state index in [1.165, 1.54) is 0 Å². The van der Waals surface area contributed by atoms with Gasteiger partial charge in [0.25, 0.3) is 0 Å². The van der Waals surface area contributed by atoms with Gasteiger partial charge in [0.1, 0.15) is 11.7 Å². The summed E-state index contributed by atoms with van der Waals surface area (Å²) < 4.78 is 6.06. The van der Waals surface area contributed by atoms with E-state index in [0.717, 1.165) is 11.1 Å². The first-order valence-corrected chi connectivity index (χ1v) is 10.1. The summed E-state index contributed by atoms with van der Waals surface area (Å²) in [7, 11) is -1.89. The Hall–Kier alpha value is -0.973. The van der Waals surface area contributed by atoms with E-state index in [4.69, 9.17) is 4.43 Å². The van der Waals surface area contributed by atoms with Gasteiger partial charge in [-0.3, -0.25) is 4.79 Å². The number of carbonyl (C=O) groups excluding carboxylic acids is 1. The van der Waals surface area contributed by atoms with Gasteiger partial charge in [0.05, 0.1) is 0 Å². The summed E-state index contributed by atoms with van der Waals surface area (Å²) in [6.45, 7) is 8.13. The number of benzene rings is 1. The fraction of sp³-hybridized carbons (Fsp3) is 0.533. The minimum Gasteiger partial charge on any atom is -0.403 e. The Morgan fingerprint density at radius 3 is 2.21 bits per heavy atom. The van der Waals surface area contributed by atoms with Gasteiger partial charge >= 0.3 is 0 Å². The largest absolute Gasteiger partial charge is 0.403 e. The third kappa shape index (κ3) is 2.80. The van der Waals surface area contributed by atoms with Gasteiger partial charge in [-0.15, -0.1) is 0 Å². The Labute approximate surface area is 115 Å². The molecule has 0 spiro atoms. The predicted molar refractivity (Wildman–Crippen MR) is 77.5 cm³/mol. The van der Waals surface area contributed by atoms with Gasteiger partial charge in [0.15, 0.2) is 14.1 Å². The number of rotatable bonds is 4. The molecule has 0 heterocycles. The van der Waals surface area contributed by atoms with Crippen LogP contribution in [0.4, 0.5) is 0 Å². The van der Waals surface area contributed by atoms with Crippen molar-refractivity contribution < 1.29 is 14.3 Å². The molecule has 1 N–H and O–H groups in total. The molecule has 0 saturated heterocycles. The fourth-order valence-corrected chi connectivity index (χ4v) is 3.91. The van der Waals surface area contributed by atoms with E-state index in [-0.39, 0.29) is 5.78 Å². The van der Waals surface area contributed by atoms with Crippen molar-refractivity contribution in [1.29, 1.82) is 0 Å². The van der Waals surface area contributed by atoms with Gasteiger partial charge in [-0.2, -0.15) is 0 Å². The summed E-state index contributed by atoms with van der Waals surface area (Å²) in [5, 5.41) is 10.6. The summed E-state index contributed by atoms with van der Waals surface area (Å²) in [5.74, 6) is 0.0306. The van der Waals surface area contributed by atoms with Crippen molar-refractivity contribution in [2.75, 3.05) is 0 Å². The lowest BCUT2D eigenvalue weighted by atomic mass is 9.72. The van der Waals surface area contributed by atoms with E-state index in [9.17, 15) is 9.90 Å². The zero-order valence-electron chi connectivity index (χ0n) is 12.1. The molecule has 1 aromatic carbocycles. The number of aliphatic hydroxyl groups excluding tert-OH is 1. The molecule has 3 nitrogen and oxygen atoms in total. The van der Waals surface area contributed by atoms with Crippen molar-refractivity contribution in [3.05, 3.63) is 35.4 Å². The lowest BCUT2D eigenvalue weighted by molar-refractivity contribution is -0.164. The highest BCUT2D eigenvalue weighted by molar-refractivity contribution is 6.70. The van der Waals surface area contributed by atoms with Gasteiger partial charge in [-0.1, -0.05) is 29.8 Å². The maximum Gasteiger partial charge on any atom is 0.185 e. The Bertz CT molecular complexity index is 475. The molecule has 2 unspecified atom stereocenters. The Balaban J connectivity index is 2.29. The molecule has 0 aromatic heterocycles. The van der Waals surface area contributed by atoms with E-state index >= 15 is 0 Å². The van der Waals surface area contributed by atoms with Crippen molar-refractivity contribution in [3.63, 3.8) is 0 Å². The number of Topliss-reactive ketones (excluding diaryl/α,β-unsaturated/α-hetero) is 1. The van der Waals surface area contributed by atoms with E-state index < -0.39 is 20.0 Å². The van der Waals surface area contributed by atoms with Crippen molar-refractivity contribution in [2.45, 2.75) is 51.1 Å². The summed E-state index contributed by atoms with van der Waals surface area (Å²) in [6, 6.07) is 7.65. The Kier molecular flexibility index (Phi) is 3.69. The number of hydrogen-bond acceptors (Lipinski definition) is 3. The van der Waals surface area contributed by atoms with Gasteiger partial charge in [0.2, 0.25) is 0 Å². The average molecular weight is 278 g/mol. The quantitative estimate of drug-likeness (QED) is 0.861. The zero-order valence-corrected chi connectivity index (χ0v) is 13.1. The first-order valence-electron chi connectivity index (χ1n) is 6.73. The van der Waals surface area contributed by atoms with Crippen LogP contribution < -0.4 is 0 Å². The minimum absolute atomic E-state index is 0.0306. The summed E-state index contributed by atoms with van der Waals surface area (Å²) in [6.07, 6.45) is 0.263. The molecule has 0 aliphatic heterocycles. The van der Waals surface area contributed by atoms with Crippen LogP contribution in [0.5, 0.6) is 0 Å². The average Bonchev–Trinajstić information content (AvgIpc) is 2.33. The van der Waals surface area contributed by atoms with Crippen LogP contribution in [0.2, 0.25) is 19.6 Å². The van der Waals surface area contributed by atoms with Gasteiger partial charge in [0, 0.05) is 6.42 Å². The second-order valence-corrected chi connectivity index (χ2v) is 10.8. The minimum atomic E-state index is -1.89. The molecule has 1 aliphatic rings. The molecule has 2 atom stereocenters.